The molecule has 0 aliphatic carbocycles. The number of nitrogen functional groups attached to an aromatic ring is 1. The number of nitrogens with one attached hydrogen (secondary N) is 1. The molecule has 26 heavy (non-hydrogen) atoms. The number of amidine groups is 1. The Morgan fingerprint density at radius 1 is 1.50 bits per heavy atom. The zero-order valence-electron chi connectivity index (χ0n) is 14.8. The number of aliphatic imine (C=N–C) groups is 1. The number of hydrogen-bond acceptors (Lipinski definition) is 7. The number of benzene rings is 1. The molecule has 146 valence electrons. The van der Waals surface area contributed by atoms with Gasteiger partial charge in [0.1, 0.15) is 11.6 Å². The smallest absolute Gasteiger partial charge is 0.261 e. The number of nitrogens with two attached hydrogens (primary N) is 1. The topological polar surface area (TPSA) is 134 Å². The number of carbonyl (C=O) groups is 1. The number of halogens is 1. The van der Waals surface area contributed by atoms with Crippen LogP contribution in [0, 0.1) is 0 Å². The lowest BCUT2D eigenvalue weighted by Crippen LogP contribution is -2.38. The number of rotatable bonds is 5. The van der Waals surface area contributed by atoms with Crippen LogP contribution >= 0.6 is 11.6 Å². The Morgan fingerprint density at radius 2 is 2.12 bits per heavy atom. The van der Waals surface area contributed by atoms with Crippen LogP contribution in [0.15, 0.2) is 17.1 Å². The Hall–Kier alpha value is -2.04. The van der Waals surface area contributed by atoms with Gasteiger partial charge < -0.3 is 20.7 Å². The van der Waals surface area contributed by atoms with Gasteiger partial charge in [-0.15, -0.1) is 0 Å². The molecule has 9 nitrogen and oxygen atoms in total. The fourth-order valence-electron chi connectivity index (χ4n) is 2.21. The molecule has 0 saturated heterocycles. The van der Waals surface area contributed by atoms with Crippen molar-refractivity contribution in [1.29, 1.82) is 0 Å². The fraction of sp³-hybridized carbons (Fsp3) is 0.467. The molecule has 1 aromatic carbocycles. The monoisotopic (exact) mass is 406 g/mol. The van der Waals surface area contributed by atoms with Crippen molar-refractivity contribution in [3.63, 3.8) is 0 Å². The third kappa shape index (κ3) is 7.06. The predicted octanol–water partition coefficient (Wildman–Crippen LogP) is 0.899. The molecule has 1 aliphatic heterocycles. The maximum atomic E-state index is 12.3. The zero-order valence-corrected chi connectivity index (χ0v) is 16.4. The van der Waals surface area contributed by atoms with E-state index in [4.69, 9.17) is 26.6 Å². The van der Waals surface area contributed by atoms with Crippen LogP contribution in [0.25, 0.3) is 0 Å². The third-order valence-electron chi connectivity index (χ3n) is 3.38. The van der Waals surface area contributed by atoms with Crippen molar-refractivity contribution in [2.45, 2.75) is 6.92 Å². The predicted molar refractivity (Wildman–Crippen MR) is 102 cm³/mol. The fourth-order valence-corrected chi connectivity index (χ4v) is 2.37. The van der Waals surface area contributed by atoms with Gasteiger partial charge in [-0.05, 0) is 13.0 Å². The van der Waals surface area contributed by atoms with Gasteiger partial charge in [0, 0.05) is 19.2 Å². The van der Waals surface area contributed by atoms with E-state index in [0.29, 0.717) is 34.8 Å². The van der Waals surface area contributed by atoms with Gasteiger partial charge in [-0.25, -0.2) is 0 Å². The van der Waals surface area contributed by atoms with E-state index < -0.39 is 10.1 Å². The average Bonchev–Trinajstić information content (AvgIpc) is 3.00. The highest BCUT2D eigenvalue weighted by Crippen LogP contribution is 2.28. The second kappa shape index (κ2) is 9.60. The molecule has 1 aliphatic rings. The van der Waals surface area contributed by atoms with Crippen molar-refractivity contribution in [3.8, 4) is 5.75 Å². The molecule has 1 amide bonds. The first-order valence-corrected chi connectivity index (χ1v) is 9.91. The number of ether oxygens (including phenoxy) is 1. The summed E-state index contributed by atoms with van der Waals surface area (Å²) in [4.78, 5) is 18.8. The van der Waals surface area contributed by atoms with Gasteiger partial charge in [-0.2, -0.15) is 8.42 Å². The number of likely N-dealkylation sites (N-methyl/N-ethyl adjacent to an activating group) is 1. The standard InChI is InChI=1S/C14H19ClN4O2.CH4O3S/c1-3-19-5-4-17-13(19)8-18-14(20)9-6-10(15)11(16)7-12(9)21-2;1-5(2,3)4/h6-7H,3-5,8,16H2,1-2H3,(H,18,20);1H3,(H,2,3,4). The van der Waals surface area contributed by atoms with Gasteiger partial charge in [0.05, 0.1) is 42.7 Å². The van der Waals surface area contributed by atoms with Crippen LogP contribution in [-0.4, -0.2) is 69.2 Å². The Morgan fingerprint density at radius 3 is 2.65 bits per heavy atom. The van der Waals surface area contributed by atoms with Crippen LogP contribution in [0.2, 0.25) is 5.02 Å². The first kappa shape index (κ1) is 22.0. The highest BCUT2D eigenvalue weighted by Gasteiger charge is 2.18. The molecular formula is C15H23ClN4O5S. The van der Waals surface area contributed by atoms with Gasteiger partial charge in [-0.1, -0.05) is 11.6 Å². The summed E-state index contributed by atoms with van der Waals surface area (Å²) in [6, 6.07) is 3.06. The maximum absolute atomic E-state index is 12.3. The Bertz CT molecular complexity index is 774. The molecule has 0 aromatic heterocycles. The van der Waals surface area contributed by atoms with E-state index in [-0.39, 0.29) is 5.91 Å². The molecule has 1 aromatic rings. The summed E-state index contributed by atoms with van der Waals surface area (Å²) in [6.45, 7) is 5.00. The van der Waals surface area contributed by atoms with Crippen LogP contribution in [0.5, 0.6) is 5.75 Å². The SMILES string of the molecule is CCN1CCN=C1CNC(=O)c1cc(Cl)c(N)cc1OC.CS(=O)(=O)O. The van der Waals surface area contributed by atoms with Crippen LogP contribution in [0.4, 0.5) is 5.69 Å². The quantitative estimate of drug-likeness (QED) is 0.488. The summed E-state index contributed by atoms with van der Waals surface area (Å²) >= 11 is 5.97. The number of methoxy groups -OCH3 is 1. The summed E-state index contributed by atoms with van der Waals surface area (Å²) in [7, 11) is -2.18. The Balaban J connectivity index is 0.000000597. The molecule has 0 atom stereocenters. The van der Waals surface area contributed by atoms with Gasteiger partial charge in [0.15, 0.2) is 0 Å². The molecule has 0 bridgehead atoms. The molecule has 2 rings (SSSR count). The van der Waals surface area contributed by atoms with Crippen LogP contribution in [0.1, 0.15) is 17.3 Å². The van der Waals surface area contributed by atoms with Crippen molar-refractivity contribution < 1.29 is 22.5 Å². The summed E-state index contributed by atoms with van der Waals surface area (Å²) in [6.07, 6.45) is 0.715. The number of nitrogens with zero attached hydrogens (tertiary/aromatic N) is 2. The molecule has 0 spiro atoms. The van der Waals surface area contributed by atoms with Crippen molar-refractivity contribution in [1.82, 2.24) is 10.2 Å². The molecule has 0 fully saturated rings. The largest absolute Gasteiger partial charge is 0.496 e. The second-order valence-corrected chi connectivity index (χ2v) is 7.24. The molecule has 11 heteroatoms. The average molecular weight is 407 g/mol. The van der Waals surface area contributed by atoms with Crippen LogP contribution in [0.3, 0.4) is 0 Å². The lowest BCUT2D eigenvalue weighted by atomic mass is 10.1. The van der Waals surface area contributed by atoms with Crippen LogP contribution < -0.4 is 15.8 Å². The lowest BCUT2D eigenvalue weighted by Gasteiger charge is -2.18. The van der Waals surface area contributed by atoms with E-state index in [1.54, 1.807) is 6.07 Å². The number of carbonyl (C=O) groups excluding carboxylic acids is 1. The van der Waals surface area contributed by atoms with E-state index in [0.717, 1.165) is 25.5 Å². The van der Waals surface area contributed by atoms with Crippen molar-refractivity contribution in [3.05, 3.63) is 22.7 Å². The molecule has 4 N–H and O–H groups in total. The van der Waals surface area contributed by atoms with Gasteiger partial charge in [-0.3, -0.25) is 14.3 Å². The van der Waals surface area contributed by atoms with E-state index >= 15 is 0 Å². The zero-order chi connectivity index (χ0) is 19.9. The van der Waals surface area contributed by atoms with E-state index in [1.165, 1.54) is 13.2 Å². The molecule has 1 heterocycles. The Labute approximate surface area is 157 Å². The second-order valence-electron chi connectivity index (χ2n) is 5.37. The maximum Gasteiger partial charge on any atom is 0.261 e. The van der Waals surface area contributed by atoms with Gasteiger partial charge in [0.2, 0.25) is 0 Å². The number of hydrogen-bond donors (Lipinski definition) is 3. The van der Waals surface area contributed by atoms with Crippen molar-refractivity contribution >= 4 is 39.1 Å². The highest BCUT2D eigenvalue weighted by molar-refractivity contribution is 7.85. The summed E-state index contributed by atoms with van der Waals surface area (Å²) < 4.78 is 31.0. The van der Waals surface area contributed by atoms with E-state index in [9.17, 15) is 13.2 Å². The van der Waals surface area contributed by atoms with E-state index in [2.05, 4.69) is 22.1 Å². The number of anilines is 1. The van der Waals surface area contributed by atoms with E-state index in [1.807, 2.05) is 0 Å². The molecule has 0 saturated carbocycles. The Kier molecular flexibility index (Phi) is 8.12. The minimum Gasteiger partial charge on any atom is -0.496 e. The minimum atomic E-state index is -3.67. The third-order valence-corrected chi connectivity index (χ3v) is 3.71. The summed E-state index contributed by atoms with van der Waals surface area (Å²) in [5.74, 6) is 1.03. The minimum absolute atomic E-state index is 0.264. The van der Waals surface area contributed by atoms with Crippen molar-refractivity contribution in [2.75, 3.05) is 45.3 Å². The summed E-state index contributed by atoms with van der Waals surface area (Å²) in [5, 5.41) is 3.16. The molecular weight excluding hydrogens is 384 g/mol. The van der Waals surface area contributed by atoms with Gasteiger partial charge >= 0.3 is 0 Å². The van der Waals surface area contributed by atoms with Crippen molar-refractivity contribution in [2.24, 2.45) is 4.99 Å². The summed E-state index contributed by atoms with van der Waals surface area (Å²) in [5.41, 5.74) is 6.44. The van der Waals surface area contributed by atoms with Crippen LogP contribution in [-0.2, 0) is 10.1 Å². The highest BCUT2D eigenvalue weighted by atomic mass is 35.5. The van der Waals surface area contributed by atoms with Gasteiger partial charge in [0.25, 0.3) is 16.0 Å². The normalized spacial score (nSPS) is 13.6. The first-order valence-electron chi connectivity index (χ1n) is 7.68. The first-order chi connectivity index (χ1) is 12.1. The molecule has 0 unspecified atom stereocenters. The molecule has 0 radical (unpaired) electrons. The lowest BCUT2D eigenvalue weighted by molar-refractivity contribution is 0.0955. The number of amides is 1.